The molecule has 0 saturated carbocycles. The summed E-state index contributed by atoms with van der Waals surface area (Å²) in [6.45, 7) is 0. The molecular weight excluding hydrogens is 310 g/mol. The zero-order valence-corrected chi connectivity index (χ0v) is 11.6. The highest BCUT2D eigenvalue weighted by atomic mass is 79.9. The molecule has 6 heteroatoms. The summed E-state index contributed by atoms with van der Waals surface area (Å²) in [6.07, 6.45) is 0. The van der Waals surface area contributed by atoms with E-state index >= 15 is 0 Å². The Balaban J connectivity index is 2.17. The highest BCUT2D eigenvalue weighted by molar-refractivity contribution is 9.10. The number of aromatic amines is 1. The zero-order valence-electron chi connectivity index (χ0n) is 10.0. The Morgan fingerprint density at radius 3 is 2.84 bits per heavy atom. The number of aromatic hydroxyl groups is 1. The Morgan fingerprint density at radius 2 is 2.05 bits per heavy atom. The van der Waals surface area contributed by atoms with Crippen molar-refractivity contribution < 1.29 is 9.84 Å². The van der Waals surface area contributed by atoms with Gasteiger partial charge in [0.05, 0.1) is 18.2 Å². The third-order valence-electron chi connectivity index (χ3n) is 2.74. The van der Waals surface area contributed by atoms with Crippen molar-refractivity contribution in [1.29, 1.82) is 0 Å². The predicted molar refractivity (Wildman–Crippen MR) is 75.2 cm³/mol. The van der Waals surface area contributed by atoms with Crippen LogP contribution < -0.4 is 4.74 Å². The first-order valence-corrected chi connectivity index (χ1v) is 6.36. The monoisotopic (exact) mass is 319 g/mol. The summed E-state index contributed by atoms with van der Waals surface area (Å²) >= 11 is 3.37. The molecule has 2 N–H and O–H groups in total. The van der Waals surface area contributed by atoms with Gasteiger partial charge in [-0.2, -0.15) is 4.98 Å². The molecule has 0 fully saturated rings. The van der Waals surface area contributed by atoms with Crippen molar-refractivity contribution in [2.45, 2.75) is 0 Å². The molecule has 2 heterocycles. The molecule has 0 unspecified atom stereocenters. The molecule has 5 nitrogen and oxygen atoms in total. The van der Waals surface area contributed by atoms with Crippen LogP contribution in [0.15, 0.2) is 34.8 Å². The van der Waals surface area contributed by atoms with E-state index in [1.165, 1.54) is 0 Å². The lowest BCUT2D eigenvalue weighted by atomic mass is 10.2. The lowest BCUT2D eigenvalue weighted by Crippen LogP contribution is -1.86. The quantitative estimate of drug-likeness (QED) is 0.761. The van der Waals surface area contributed by atoms with E-state index in [0.29, 0.717) is 22.9 Å². The number of pyridine rings is 1. The van der Waals surface area contributed by atoms with E-state index in [-0.39, 0.29) is 5.75 Å². The number of hydrogen-bond acceptors (Lipinski definition) is 4. The van der Waals surface area contributed by atoms with Gasteiger partial charge >= 0.3 is 0 Å². The number of nitrogens with one attached hydrogen (secondary N) is 1. The van der Waals surface area contributed by atoms with Crippen LogP contribution in [0.5, 0.6) is 11.6 Å². The SMILES string of the molecule is COc1ccc2[nH]c(-c3cc(Br)ccc3O)nc2n1. The molecule has 0 aliphatic heterocycles. The average Bonchev–Trinajstić information content (AvgIpc) is 2.83. The van der Waals surface area contributed by atoms with Crippen LogP contribution in [0.4, 0.5) is 0 Å². The van der Waals surface area contributed by atoms with Gasteiger partial charge in [-0.05, 0) is 24.3 Å². The average molecular weight is 320 g/mol. The van der Waals surface area contributed by atoms with Crippen molar-refractivity contribution in [2.24, 2.45) is 0 Å². The molecular formula is C13H10BrN3O2. The number of nitrogens with zero attached hydrogens (tertiary/aromatic N) is 2. The molecule has 0 aliphatic rings. The van der Waals surface area contributed by atoms with Crippen molar-refractivity contribution in [3.05, 3.63) is 34.8 Å². The van der Waals surface area contributed by atoms with Crippen molar-refractivity contribution in [1.82, 2.24) is 15.0 Å². The summed E-state index contributed by atoms with van der Waals surface area (Å²) in [5.41, 5.74) is 1.95. The molecule has 0 atom stereocenters. The second kappa shape index (κ2) is 4.55. The molecule has 19 heavy (non-hydrogen) atoms. The van der Waals surface area contributed by atoms with Crippen LogP contribution >= 0.6 is 15.9 Å². The Hall–Kier alpha value is -2.08. The third-order valence-corrected chi connectivity index (χ3v) is 3.24. The van der Waals surface area contributed by atoms with Crippen LogP contribution in [0.25, 0.3) is 22.6 Å². The number of hydrogen-bond donors (Lipinski definition) is 2. The van der Waals surface area contributed by atoms with E-state index in [9.17, 15) is 5.11 Å². The van der Waals surface area contributed by atoms with Crippen LogP contribution in [0.1, 0.15) is 0 Å². The number of imidazole rings is 1. The molecule has 0 spiro atoms. The minimum Gasteiger partial charge on any atom is -0.507 e. The Labute approximate surface area is 117 Å². The van der Waals surface area contributed by atoms with Gasteiger partial charge in [0.15, 0.2) is 5.65 Å². The first-order chi connectivity index (χ1) is 9.17. The lowest BCUT2D eigenvalue weighted by Gasteiger charge is -2.01. The lowest BCUT2D eigenvalue weighted by molar-refractivity contribution is 0.399. The molecule has 96 valence electrons. The van der Waals surface area contributed by atoms with Gasteiger partial charge in [-0.1, -0.05) is 15.9 Å². The highest BCUT2D eigenvalue weighted by Gasteiger charge is 2.11. The fourth-order valence-electron chi connectivity index (χ4n) is 1.81. The van der Waals surface area contributed by atoms with E-state index in [4.69, 9.17) is 4.74 Å². The number of ether oxygens (including phenoxy) is 1. The number of benzene rings is 1. The molecule has 2 aromatic heterocycles. The van der Waals surface area contributed by atoms with Crippen LogP contribution in [-0.4, -0.2) is 27.2 Å². The number of aromatic nitrogens is 3. The topological polar surface area (TPSA) is 71.0 Å². The highest BCUT2D eigenvalue weighted by Crippen LogP contribution is 2.31. The molecule has 3 aromatic rings. The Morgan fingerprint density at radius 1 is 1.21 bits per heavy atom. The summed E-state index contributed by atoms with van der Waals surface area (Å²) < 4.78 is 5.93. The summed E-state index contributed by atoms with van der Waals surface area (Å²) in [5.74, 6) is 1.23. The molecule has 0 radical (unpaired) electrons. The van der Waals surface area contributed by atoms with Crippen LogP contribution in [0.2, 0.25) is 0 Å². The fraction of sp³-hybridized carbons (Fsp3) is 0.0769. The number of phenols is 1. The van der Waals surface area contributed by atoms with Gasteiger partial charge in [0, 0.05) is 10.5 Å². The van der Waals surface area contributed by atoms with Crippen molar-refractivity contribution >= 4 is 27.1 Å². The molecule has 0 bridgehead atoms. The largest absolute Gasteiger partial charge is 0.507 e. The number of fused-ring (bicyclic) bond motifs is 1. The van der Waals surface area contributed by atoms with Gasteiger partial charge in [0.1, 0.15) is 11.6 Å². The van der Waals surface area contributed by atoms with Gasteiger partial charge in [-0.15, -0.1) is 0 Å². The first kappa shape index (κ1) is 12.0. The standard InChI is InChI=1S/C13H10BrN3O2/c1-19-11-5-3-9-13(16-11)17-12(15-9)8-6-7(14)2-4-10(8)18/h2-6,18H,1H3,(H,15,16,17). The summed E-state index contributed by atoms with van der Waals surface area (Å²) in [6, 6.07) is 8.77. The van der Waals surface area contributed by atoms with E-state index in [0.717, 1.165) is 9.99 Å². The van der Waals surface area contributed by atoms with Gasteiger partial charge in [-0.3, -0.25) is 0 Å². The smallest absolute Gasteiger partial charge is 0.215 e. The van der Waals surface area contributed by atoms with Gasteiger partial charge in [-0.25, -0.2) is 4.98 Å². The summed E-state index contributed by atoms with van der Waals surface area (Å²) in [4.78, 5) is 11.7. The zero-order chi connectivity index (χ0) is 13.4. The number of rotatable bonds is 2. The summed E-state index contributed by atoms with van der Waals surface area (Å²) in [5, 5.41) is 9.89. The van der Waals surface area contributed by atoms with Crippen LogP contribution in [0.3, 0.4) is 0 Å². The van der Waals surface area contributed by atoms with Crippen LogP contribution in [0, 0.1) is 0 Å². The first-order valence-electron chi connectivity index (χ1n) is 5.57. The number of H-pyrrole nitrogens is 1. The summed E-state index contributed by atoms with van der Waals surface area (Å²) in [7, 11) is 1.56. The molecule has 0 amide bonds. The number of phenolic OH excluding ortho intramolecular Hbond substituents is 1. The minimum absolute atomic E-state index is 0.161. The fourth-order valence-corrected chi connectivity index (χ4v) is 2.18. The van der Waals surface area contributed by atoms with E-state index in [1.54, 1.807) is 31.4 Å². The van der Waals surface area contributed by atoms with E-state index < -0.39 is 0 Å². The maximum atomic E-state index is 9.89. The number of methoxy groups -OCH3 is 1. The molecule has 0 aliphatic carbocycles. The Bertz CT molecular complexity index is 755. The second-order valence-corrected chi connectivity index (χ2v) is 4.89. The van der Waals surface area contributed by atoms with Gasteiger partial charge in [0.2, 0.25) is 5.88 Å². The maximum Gasteiger partial charge on any atom is 0.215 e. The molecule has 0 saturated heterocycles. The normalized spacial score (nSPS) is 10.8. The number of halogens is 1. The van der Waals surface area contributed by atoms with E-state index in [1.807, 2.05) is 6.07 Å². The predicted octanol–water partition coefficient (Wildman–Crippen LogP) is 3.10. The van der Waals surface area contributed by atoms with Crippen molar-refractivity contribution in [2.75, 3.05) is 7.11 Å². The third kappa shape index (κ3) is 2.15. The van der Waals surface area contributed by atoms with E-state index in [2.05, 4.69) is 30.9 Å². The molecule has 3 rings (SSSR count). The Kier molecular flexibility index (Phi) is 2.87. The van der Waals surface area contributed by atoms with Crippen LogP contribution in [-0.2, 0) is 0 Å². The molecule has 1 aromatic carbocycles. The second-order valence-electron chi connectivity index (χ2n) is 3.97. The maximum absolute atomic E-state index is 9.89. The van der Waals surface area contributed by atoms with Gasteiger partial charge < -0.3 is 14.8 Å². The van der Waals surface area contributed by atoms with Crippen molar-refractivity contribution in [3.63, 3.8) is 0 Å². The van der Waals surface area contributed by atoms with Gasteiger partial charge in [0.25, 0.3) is 0 Å². The minimum atomic E-state index is 0.161. The van der Waals surface area contributed by atoms with Crippen molar-refractivity contribution in [3.8, 4) is 23.0 Å².